The van der Waals surface area contributed by atoms with Gasteiger partial charge in [-0.15, -0.1) is 0 Å². The van der Waals surface area contributed by atoms with Gasteiger partial charge in [0.05, 0.1) is 0 Å². The molecule has 0 spiro atoms. The summed E-state index contributed by atoms with van der Waals surface area (Å²) in [6.07, 6.45) is 33.6. The van der Waals surface area contributed by atoms with Crippen LogP contribution in [0.5, 0.6) is 0 Å². The lowest BCUT2D eigenvalue weighted by atomic mass is 9.43. The van der Waals surface area contributed by atoms with E-state index in [0.717, 1.165) is 76.9 Å². The molecule has 0 saturated heterocycles. The summed E-state index contributed by atoms with van der Waals surface area (Å²) in [5.41, 5.74) is 0. The molecule has 0 radical (unpaired) electrons. The topological polar surface area (TPSA) is 0 Å². The van der Waals surface area contributed by atoms with Crippen molar-refractivity contribution < 1.29 is 0 Å². The molecule has 13 atom stereocenters. The maximum Gasteiger partial charge on any atom is -0.0323 e. The van der Waals surface area contributed by atoms with Crippen LogP contribution in [0.25, 0.3) is 0 Å². The fourth-order valence-corrected chi connectivity index (χ4v) is 13.1. The number of hydrogen-bond acceptors (Lipinski definition) is 0. The highest BCUT2D eigenvalue weighted by Crippen LogP contribution is 2.64. The van der Waals surface area contributed by atoms with E-state index in [1.54, 1.807) is 135 Å². The van der Waals surface area contributed by atoms with Gasteiger partial charge in [-0.3, -0.25) is 0 Å². The van der Waals surface area contributed by atoms with Crippen LogP contribution in [0, 0.1) is 76.9 Å². The van der Waals surface area contributed by atoms with Gasteiger partial charge in [0.1, 0.15) is 0 Å². The largest absolute Gasteiger partial charge is 0.0625 e. The minimum absolute atomic E-state index is 1.01. The van der Waals surface area contributed by atoms with Crippen LogP contribution < -0.4 is 0 Å². The van der Waals surface area contributed by atoms with Gasteiger partial charge >= 0.3 is 0 Å². The number of hydrogen-bond donors (Lipinski definition) is 0. The quantitative estimate of drug-likeness (QED) is 0.370. The van der Waals surface area contributed by atoms with Crippen LogP contribution in [0.3, 0.4) is 0 Å². The summed E-state index contributed by atoms with van der Waals surface area (Å²) < 4.78 is 0. The standard InChI is InChI=1S/C35H58/c1-23-14-19-32-33(20-23)35(29-18-16-25-9-3-5-11-27(25)22-29)31-13-7-6-12-30(31)34(32)28-17-15-24-8-2-4-10-26(24)21-28/h23-35H,2-22H2,1H3. The van der Waals surface area contributed by atoms with Gasteiger partial charge in [-0.2, -0.15) is 0 Å². The lowest BCUT2D eigenvalue weighted by Crippen LogP contribution is -2.55. The van der Waals surface area contributed by atoms with Gasteiger partial charge in [0.25, 0.3) is 0 Å². The highest BCUT2D eigenvalue weighted by atomic mass is 14.6. The van der Waals surface area contributed by atoms with Crippen molar-refractivity contribution in [2.75, 3.05) is 0 Å². The Morgan fingerprint density at radius 2 is 0.743 bits per heavy atom. The van der Waals surface area contributed by atoms with Crippen molar-refractivity contribution in [2.45, 2.75) is 142 Å². The minimum atomic E-state index is 1.01. The zero-order valence-electron chi connectivity index (χ0n) is 23.4. The van der Waals surface area contributed by atoms with Crippen molar-refractivity contribution in [1.82, 2.24) is 0 Å². The molecule has 0 aromatic carbocycles. The molecule has 0 aliphatic heterocycles. The van der Waals surface area contributed by atoms with E-state index in [9.17, 15) is 0 Å². The molecule has 0 amide bonds. The van der Waals surface area contributed by atoms with Gasteiger partial charge in [-0.1, -0.05) is 77.6 Å². The van der Waals surface area contributed by atoms with Crippen molar-refractivity contribution in [2.24, 2.45) is 76.9 Å². The molecule has 7 saturated carbocycles. The predicted molar refractivity (Wildman–Crippen MR) is 148 cm³/mol. The van der Waals surface area contributed by atoms with Crippen LogP contribution >= 0.6 is 0 Å². The van der Waals surface area contributed by atoms with E-state index in [-0.39, 0.29) is 0 Å². The smallest absolute Gasteiger partial charge is 0.0323 e. The Morgan fingerprint density at radius 1 is 0.314 bits per heavy atom. The van der Waals surface area contributed by atoms with Gasteiger partial charge in [0, 0.05) is 0 Å². The first-order valence-electron chi connectivity index (χ1n) is 17.3. The molecular weight excluding hydrogens is 420 g/mol. The molecule has 0 aromatic rings. The maximum atomic E-state index is 2.64. The Labute approximate surface area is 218 Å². The molecule has 0 heteroatoms. The number of fused-ring (bicyclic) bond motifs is 4. The zero-order valence-corrected chi connectivity index (χ0v) is 23.4. The summed E-state index contributed by atoms with van der Waals surface area (Å²) in [5.74, 6) is 14.6. The SMILES string of the molecule is CC1CCC2C(C1)C(C1CCC3CCCCC3C1)C1CCCCC1C2C1CCC2CCCCC2C1. The van der Waals surface area contributed by atoms with Crippen LogP contribution in [0.2, 0.25) is 0 Å². The van der Waals surface area contributed by atoms with Gasteiger partial charge < -0.3 is 0 Å². The summed E-state index contributed by atoms with van der Waals surface area (Å²) in [7, 11) is 0. The molecule has 13 unspecified atom stereocenters. The van der Waals surface area contributed by atoms with Crippen LogP contribution in [0.15, 0.2) is 0 Å². The van der Waals surface area contributed by atoms with Gasteiger partial charge in [-0.25, -0.2) is 0 Å². The molecule has 0 nitrogen and oxygen atoms in total. The Bertz CT molecular complexity index is 709. The van der Waals surface area contributed by atoms with Crippen molar-refractivity contribution in [3.63, 3.8) is 0 Å². The third-order valence-corrected chi connectivity index (χ3v) is 14.3. The lowest BCUT2D eigenvalue weighted by molar-refractivity contribution is -0.128. The van der Waals surface area contributed by atoms with Crippen LogP contribution in [0.1, 0.15) is 142 Å². The Hall–Kier alpha value is 0. The molecule has 0 aromatic heterocycles. The first-order valence-corrected chi connectivity index (χ1v) is 17.3. The van der Waals surface area contributed by atoms with E-state index >= 15 is 0 Å². The van der Waals surface area contributed by atoms with Crippen molar-refractivity contribution in [3.8, 4) is 0 Å². The predicted octanol–water partition coefficient (Wildman–Crippen LogP) is 10.3. The highest BCUT2D eigenvalue weighted by Gasteiger charge is 2.56. The van der Waals surface area contributed by atoms with E-state index in [4.69, 9.17) is 0 Å². The molecular formula is C35H58. The third-order valence-electron chi connectivity index (χ3n) is 14.3. The van der Waals surface area contributed by atoms with Crippen LogP contribution in [-0.2, 0) is 0 Å². The Balaban J connectivity index is 1.17. The molecule has 35 heavy (non-hydrogen) atoms. The van der Waals surface area contributed by atoms with Crippen LogP contribution in [0.4, 0.5) is 0 Å². The summed E-state index contributed by atoms with van der Waals surface area (Å²) in [4.78, 5) is 0. The normalized spacial score (nSPS) is 54.6. The molecule has 7 fully saturated rings. The average molecular weight is 479 g/mol. The first kappa shape index (κ1) is 24.1. The fourth-order valence-electron chi connectivity index (χ4n) is 13.1. The zero-order chi connectivity index (χ0) is 23.4. The number of rotatable bonds is 2. The van der Waals surface area contributed by atoms with Crippen molar-refractivity contribution in [1.29, 1.82) is 0 Å². The van der Waals surface area contributed by atoms with E-state index in [1.165, 1.54) is 0 Å². The fraction of sp³-hybridized carbons (Fsp3) is 1.00. The summed E-state index contributed by atoms with van der Waals surface area (Å²) in [5, 5.41) is 0. The molecule has 0 bridgehead atoms. The second kappa shape index (κ2) is 10.3. The first-order chi connectivity index (χ1) is 17.3. The van der Waals surface area contributed by atoms with Crippen LogP contribution in [-0.4, -0.2) is 0 Å². The molecule has 7 rings (SSSR count). The van der Waals surface area contributed by atoms with E-state index in [2.05, 4.69) is 6.92 Å². The van der Waals surface area contributed by atoms with Crippen molar-refractivity contribution in [3.05, 3.63) is 0 Å². The molecule has 7 aliphatic carbocycles. The summed E-state index contributed by atoms with van der Waals surface area (Å²) in [6.45, 7) is 2.64. The minimum Gasteiger partial charge on any atom is -0.0625 e. The lowest BCUT2D eigenvalue weighted by Gasteiger charge is -2.62. The third kappa shape index (κ3) is 4.50. The van der Waals surface area contributed by atoms with Gasteiger partial charge in [0.2, 0.25) is 0 Å². The maximum absolute atomic E-state index is 2.64. The molecule has 0 N–H and O–H groups in total. The Kier molecular flexibility index (Phi) is 7.07. The highest BCUT2D eigenvalue weighted by molar-refractivity contribution is 5.05. The second-order valence-corrected chi connectivity index (χ2v) is 15.8. The Morgan fingerprint density at radius 3 is 1.31 bits per heavy atom. The van der Waals surface area contributed by atoms with Crippen molar-refractivity contribution >= 4 is 0 Å². The summed E-state index contributed by atoms with van der Waals surface area (Å²) in [6, 6.07) is 0. The van der Waals surface area contributed by atoms with E-state index in [1.807, 2.05) is 0 Å². The summed E-state index contributed by atoms with van der Waals surface area (Å²) >= 11 is 0. The molecule has 7 aliphatic rings. The van der Waals surface area contributed by atoms with E-state index in [0.29, 0.717) is 0 Å². The second-order valence-electron chi connectivity index (χ2n) is 15.8. The average Bonchev–Trinajstić information content (AvgIpc) is 2.91. The monoisotopic (exact) mass is 478 g/mol. The van der Waals surface area contributed by atoms with Gasteiger partial charge in [0.15, 0.2) is 0 Å². The molecule has 198 valence electrons. The van der Waals surface area contributed by atoms with E-state index < -0.39 is 0 Å². The van der Waals surface area contributed by atoms with Gasteiger partial charge in [-0.05, 0) is 141 Å². The molecule has 0 heterocycles.